The SMILES string of the molecule is CC(C)CNC(C)(CN)Cc1ccccc1F. The van der Waals surface area contributed by atoms with Crippen molar-refractivity contribution in [3.8, 4) is 0 Å². The average molecular weight is 238 g/mol. The topological polar surface area (TPSA) is 38.0 Å². The van der Waals surface area contributed by atoms with Crippen LogP contribution in [0.1, 0.15) is 26.3 Å². The number of halogens is 1. The van der Waals surface area contributed by atoms with E-state index in [1.54, 1.807) is 6.07 Å². The molecule has 0 radical (unpaired) electrons. The zero-order valence-corrected chi connectivity index (χ0v) is 11.0. The van der Waals surface area contributed by atoms with Crippen LogP contribution in [0.15, 0.2) is 24.3 Å². The zero-order chi connectivity index (χ0) is 12.9. The van der Waals surface area contributed by atoms with Crippen LogP contribution < -0.4 is 11.1 Å². The number of nitrogens with two attached hydrogens (primary N) is 1. The van der Waals surface area contributed by atoms with Gasteiger partial charge in [0.05, 0.1) is 0 Å². The quantitative estimate of drug-likeness (QED) is 0.798. The highest BCUT2D eigenvalue weighted by molar-refractivity contribution is 5.20. The largest absolute Gasteiger partial charge is 0.329 e. The molecule has 1 atom stereocenters. The van der Waals surface area contributed by atoms with Gasteiger partial charge in [-0.25, -0.2) is 4.39 Å². The van der Waals surface area contributed by atoms with Crippen molar-refractivity contribution >= 4 is 0 Å². The Bertz CT molecular complexity index is 352. The maximum atomic E-state index is 13.6. The van der Waals surface area contributed by atoms with E-state index < -0.39 is 0 Å². The van der Waals surface area contributed by atoms with Crippen LogP contribution in [-0.2, 0) is 6.42 Å². The molecule has 1 aromatic rings. The van der Waals surface area contributed by atoms with Crippen molar-refractivity contribution in [1.82, 2.24) is 5.32 Å². The minimum absolute atomic E-state index is 0.154. The van der Waals surface area contributed by atoms with E-state index >= 15 is 0 Å². The lowest BCUT2D eigenvalue weighted by atomic mass is 9.92. The molecule has 2 nitrogen and oxygen atoms in total. The Morgan fingerprint density at radius 3 is 2.53 bits per heavy atom. The van der Waals surface area contributed by atoms with Crippen LogP contribution in [-0.4, -0.2) is 18.6 Å². The molecule has 0 saturated carbocycles. The first-order chi connectivity index (χ1) is 7.97. The second-order valence-corrected chi connectivity index (χ2v) is 5.31. The highest BCUT2D eigenvalue weighted by Gasteiger charge is 2.23. The normalized spacial score (nSPS) is 14.9. The van der Waals surface area contributed by atoms with E-state index in [4.69, 9.17) is 5.73 Å². The minimum Gasteiger partial charge on any atom is -0.329 e. The number of rotatable bonds is 6. The molecule has 1 unspecified atom stereocenters. The van der Waals surface area contributed by atoms with Gasteiger partial charge in [-0.1, -0.05) is 32.0 Å². The van der Waals surface area contributed by atoms with Gasteiger partial charge >= 0.3 is 0 Å². The van der Waals surface area contributed by atoms with Gasteiger partial charge in [0.15, 0.2) is 0 Å². The lowest BCUT2D eigenvalue weighted by Gasteiger charge is -2.31. The van der Waals surface area contributed by atoms with Gasteiger partial charge in [0, 0.05) is 12.1 Å². The van der Waals surface area contributed by atoms with Gasteiger partial charge in [-0.15, -0.1) is 0 Å². The Morgan fingerprint density at radius 2 is 2.00 bits per heavy atom. The van der Waals surface area contributed by atoms with Gasteiger partial charge in [-0.05, 0) is 37.4 Å². The van der Waals surface area contributed by atoms with Crippen molar-refractivity contribution in [2.75, 3.05) is 13.1 Å². The maximum Gasteiger partial charge on any atom is 0.126 e. The molecular formula is C14H23FN2. The van der Waals surface area contributed by atoms with Crippen molar-refractivity contribution < 1.29 is 4.39 Å². The van der Waals surface area contributed by atoms with E-state index in [9.17, 15) is 4.39 Å². The molecule has 0 fully saturated rings. The van der Waals surface area contributed by atoms with E-state index in [-0.39, 0.29) is 11.4 Å². The fraction of sp³-hybridized carbons (Fsp3) is 0.571. The molecule has 0 aliphatic rings. The Labute approximate surface area is 103 Å². The molecule has 0 aliphatic heterocycles. The predicted molar refractivity (Wildman–Crippen MR) is 70.4 cm³/mol. The summed E-state index contributed by atoms with van der Waals surface area (Å²) < 4.78 is 13.6. The van der Waals surface area contributed by atoms with Crippen LogP contribution in [0.3, 0.4) is 0 Å². The van der Waals surface area contributed by atoms with E-state index in [2.05, 4.69) is 19.2 Å². The Balaban J connectivity index is 2.71. The molecule has 3 heteroatoms. The van der Waals surface area contributed by atoms with Crippen LogP contribution >= 0.6 is 0 Å². The monoisotopic (exact) mass is 238 g/mol. The second-order valence-electron chi connectivity index (χ2n) is 5.31. The Morgan fingerprint density at radius 1 is 1.35 bits per heavy atom. The fourth-order valence-corrected chi connectivity index (χ4v) is 1.72. The molecule has 96 valence electrons. The van der Waals surface area contributed by atoms with Gasteiger partial charge in [0.1, 0.15) is 5.82 Å². The Kier molecular flexibility index (Phi) is 5.09. The summed E-state index contributed by atoms with van der Waals surface area (Å²) in [4.78, 5) is 0. The Hall–Kier alpha value is -0.930. The molecule has 0 aliphatic carbocycles. The van der Waals surface area contributed by atoms with Gasteiger partial charge in [0.25, 0.3) is 0 Å². The first-order valence-corrected chi connectivity index (χ1v) is 6.15. The summed E-state index contributed by atoms with van der Waals surface area (Å²) in [6.45, 7) is 7.72. The predicted octanol–water partition coefficient (Wildman–Crippen LogP) is 2.33. The fourth-order valence-electron chi connectivity index (χ4n) is 1.72. The third kappa shape index (κ3) is 4.44. The first-order valence-electron chi connectivity index (χ1n) is 6.15. The van der Waals surface area contributed by atoms with Crippen LogP contribution in [0, 0.1) is 11.7 Å². The number of hydrogen-bond acceptors (Lipinski definition) is 2. The van der Waals surface area contributed by atoms with E-state index in [1.165, 1.54) is 6.07 Å². The summed E-state index contributed by atoms with van der Waals surface area (Å²) in [5.41, 5.74) is 6.28. The molecule has 17 heavy (non-hydrogen) atoms. The summed E-state index contributed by atoms with van der Waals surface area (Å²) in [5, 5.41) is 3.43. The lowest BCUT2D eigenvalue weighted by Crippen LogP contribution is -2.51. The number of hydrogen-bond donors (Lipinski definition) is 2. The van der Waals surface area contributed by atoms with E-state index in [0.717, 1.165) is 12.1 Å². The third-order valence-electron chi connectivity index (χ3n) is 2.93. The van der Waals surface area contributed by atoms with Crippen molar-refractivity contribution in [2.45, 2.75) is 32.7 Å². The molecule has 0 bridgehead atoms. The standard InChI is InChI=1S/C14H23FN2/c1-11(2)9-17-14(3,10-16)8-12-6-4-5-7-13(12)15/h4-7,11,17H,8-10,16H2,1-3H3. The molecule has 3 N–H and O–H groups in total. The number of benzene rings is 1. The molecule has 1 rings (SSSR count). The lowest BCUT2D eigenvalue weighted by molar-refractivity contribution is 0.337. The highest BCUT2D eigenvalue weighted by atomic mass is 19.1. The van der Waals surface area contributed by atoms with Crippen LogP contribution in [0.5, 0.6) is 0 Å². The summed E-state index contributed by atoms with van der Waals surface area (Å²) >= 11 is 0. The third-order valence-corrected chi connectivity index (χ3v) is 2.93. The first kappa shape index (κ1) is 14.1. The molecule has 0 spiro atoms. The molecule has 1 aromatic carbocycles. The van der Waals surface area contributed by atoms with Crippen molar-refractivity contribution in [3.05, 3.63) is 35.6 Å². The van der Waals surface area contributed by atoms with Crippen LogP contribution in [0.25, 0.3) is 0 Å². The molecule has 0 aromatic heterocycles. The van der Waals surface area contributed by atoms with Crippen molar-refractivity contribution in [2.24, 2.45) is 11.7 Å². The van der Waals surface area contributed by atoms with Gasteiger partial charge in [-0.3, -0.25) is 0 Å². The minimum atomic E-state index is -0.244. The summed E-state index contributed by atoms with van der Waals surface area (Å²) in [5.74, 6) is 0.403. The van der Waals surface area contributed by atoms with Crippen LogP contribution in [0.2, 0.25) is 0 Å². The summed E-state index contributed by atoms with van der Waals surface area (Å²) in [6, 6.07) is 6.88. The summed E-state index contributed by atoms with van der Waals surface area (Å²) in [7, 11) is 0. The smallest absolute Gasteiger partial charge is 0.126 e. The van der Waals surface area contributed by atoms with Crippen molar-refractivity contribution in [3.63, 3.8) is 0 Å². The summed E-state index contributed by atoms with van der Waals surface area (Å²) in [6.07, 6.45) is 0.614. The van der Waals surface area contributed by atoms with Gasteiger partial charge in [0.2, 0.25) is 0 Å². The maximum absolute atomic E-state index is 13.6. The number of nitrogens with one attached hydrogen (secondary N) is 1. The highest BCUT2D eigenvalue weighted by Crippen LogP contribution is 2.15. The van der Waals surface area contributed by atoms with E-state index in [0.29, 0.717) is 18.9 Å². The van der Waals surface area contributed by atoms with E-state index in [1.807, 2.05) is 19.1 Å². The van der Waals surface area contributed by atoms with Crippen LogP contribution in [0.4, 0.5) is 4.39 Å². The molecular weight excluding hydrogens is 215 g/mol. The van der Waals surface area contributed by atoms with Gasteiger partial charge in [-0.2, -0.15) is 0 Å². The molecule has 0 heterocycles. The van der Waals surface area contributed by atoms with Crippen molar-refractivity contribution in [1.29, 1.82) is 0 Å². The molecule has 0 amide bonds. The zero-order valence-electron chi connectivity index (χ0n) is 11.0. The van der Waals surface area contributed by atoms with Gasteiger partial charge < -0.3 is 11.1 Å². The second kappa shape index (κ2) is 6.12. The molecule has 0 saturated heterocycles. The average Bonchev–Trinajstić information content (AvgIpc) is 2.30.